The van der Waals surface area contributed by atoms with Gasteiger partial charge < -0.3 is 20.0 Å². The molecule has 7 nitrogen and oxygen atoms in total. The minimum atomic E-state index is -0.209. The number of likely N-dealkylation sites (tertiary alicyclic amines) is 1. The second kappa shape index (κ2) is 8.98. The molecule has 0 spiro atoms. The SMILES string of the molecule is Cc1oc(-c2cccs2)nc1C(=O)NC1CCN(C(=O)NC2CCCCC2)CC1. The fourth-order valence-electron chi connectivity index (χ4n) is 4.11. The van der Waals surface area contributed by atoms with Gasteiger partial charge in [-0.05, 0) is 44.1 Å². The van der Waals surface area contributed by atoms with Gasteiger partial charge in [0, 0.05) is 25.2 Å². The highest BCUT2D eigenvalue weighted by Gasteiger charge is 2.27. The zero-order valence-corrected chi connectivity index (χ0v) is 17.6. The Hall–Kier alpha value is -2.35. The van der Waals surface area contributed by atoms with Crippen molar-refractivity contribution in [1.29, 1.82) is 0 Å². The van der Waals surface area contributed by atoms with Gasteiger partial charge in [0.15, 0.2) is 5.69 Å². The van der Waals surface area contributed by atoms with Crippen molar-refractivity contribution in [2.24, 2.45) is 0 Å². The van der Waals surface area contributed by atoms with Crippen LogP contribution in [0, 0.1) is 6.92 Å². The summed E-state index contributed by atoms with van der Waals surface area (Å²) < 4.78 is 5.67. The number of aromatic nitrogens is 1. The molecule has 156 valence electrons. The maximum absolute atomic E-state index is 12.7. The Morgan fingerprint density at radius 1 is 1.10 bits per heavy atom. The van der Waals surface area contributed by atoms with Gasteiger partial charge in [-0.3, -0.25) is 4.79 Å². The van der Waals surface area contributed by atoms with Crippen molar-refractivity contribution in [3.05, 3.63) is 29.0 Å². The lowest BCUT2D eigenvalue weighted by Gasteiger charge is -2.34. The molecule has 0 unspecified atom stereocenters. The number of piperidine rings is 1. The lowest BCUT2D eigenvalue weighted by atomic mass is 9.95. The largest absolute Gasteiger partial charge is 0.440 e. The molecule has 1 saturated carbocycles. The van der Waals surface area contributed by atoms with Gasteiger partial charge in [0.05, 0.1) is 4.88 Å². The number of rotatable bonds is 4. The summed E-state index contributed by atoms with van der Waals surface area (Å²) in [6.07, 6.45) is 7.35. The zero-order valence-electron chi connectivity index (χ0n) is 16.8. The molecule has 2 N–H and O–H groups in total. The molecule has 3 heterocycles. The lowest BCUT2D eigenvalue weighted by molar-refractivity contribution is 0.0911. The van der Waals surface area contributed by atoms with E-state index < -0.39 is 0 Å². The third-order valence-electron chi connectivity index (χ3n) is 5.79. The number of amides is 3. The molecule has 2 fully saturated rings. The van der Waals surface area contributed by atoms with Gasteiger partial charge in [0.1, 0.15) is 5.76 Å². The Morgan fingerprint density at radius 3 is 2.52 bits per heavy atom. The highest BCUT2D eigenvalue weighted by molar-refractivity contribution is 7.13. The molecule has 0 atom stereocenters. The van der Waals surface area contributed by atoms with Crippen LogP contribution in [0.3, 0.4) is 0 Å². The average molecular weight is 417 g/mol. The van der Waals surface area contributed by atoms with Crippen LogP contribution >= 0.6 is 11.3 Å². The quantitative estimate of drug-likeness (QED) is 0.790. The fourth-order valence-corrected chi connectivity index (χ4v) is 4.76. The van der Waals surface area contributed by atoms with Crippen LogP contribution in [0.5, 0.6) is 0 Å². The fraction of sp³-hybridized carbons (Fsp3) is 0.571. The van der Waals surface area contributed by atoms with Crippen molar-refractivity contribution >= 4 is 23.3 Å². The number of thiophene rings is 1. The molecule has 8 heteroatoms. The molecule has 1 saturated heterocycles. The third-order valence-corrected chi connectivity index (χ3v) is 6.65. The number of nitrogens with one attached hydrogen (secondary N) is 2. The molecule has 4 rings (SSSR count). The van der Waals surface area contributed by atoms with Gasteiger partial charge in [-0.1, -0.05) is 25.3 Å². The number of nitrogens with zero attached hydrogens (tertiary/aromatic N) is 2. The molecule has 1 aliphatic heterocycles. The number of carbonyl (C=O) groups excluding carboxylic acids is 2. The lowest BCUT2D eigenvalue weighted by Crippen LogP contribution is -2.51. The second-order valence-electron chi connectivity index (χ2n) is 7.92. The highest BCUT2D eigenvalue weighted by atomic mass is 32.1. The van der Waals surface area contributed by atoms with E-state index in [9.17, 15) is 9.59 Å². The van der Waals surface area contributed by atoms with E-state index in [4.69, 9.17) is 4.42 Å². The van der Waals surface area contributed by atoms with Crippen molar-refractivity contribution < 1.29 is 14.0 Å². The summed E-state index contributed by atoms with van der Waals surface area (Å²) in [5.74, 6) is 0.797. The first-order valence-corrected chi connectivity index (χ1v) is 11.4. The van der Waals surface area contributed by atoms with E-state index in [1.54, 1.807) is 6.92 Å². The standard InChI is InChI=1S/C21H28N4O3S/c1-14-18(24-20(28-14)17-8-5-13-29-17)19(26)22-16-9-11-25(12-10-16)21(27)23-15-6-3-2-4-7-15/h5,8,13,15-16H,2-4,6-7,9-12H2,1H3,(H,22,26)(H,23,27). The Kier molecular flexibility index (Phi) is 6.18. The second-order valence-corrected chi connectivity index (χ2v) is 8.87. The molecule has 1 aliphatic carbocycles. The van der Waals surface area contributed by atoms with E-state index in [2.05, 4.69) is 15.6 Å². The minimum absolute atomic E-state index is 0.0367. The van der Waals surface area contributed by atoms with Crippen LogP contribution in [0.4, 0.5) is 4.79 Å². The molecule has 29 heavy (non-hydrogen) atoms. The van der Waals surface area contributed by atoms with Crippen molar-refractivity contribution in [3.8, 4) is 10.8 Å². The Labute approximate surface area is 174 Å². The van der Waals surface area contributed by atoms with Crippen LogP contribution < -0.4 is 10.6 Å². The minimum Gasteiger partial charge on any atom is -0.440 e. The summed E-state index contributed by atoms with van der Waals surface area (Å²) in [7, 11) is 0. The van der Waals surface area contributed by atoms with Crippen LogP contribution in [-0.2, 0) is 0 Å². The van der Waals surface area contributed by atoms with Crippen molar-refractivity contribution in [3.63, 3.8) is 0 Å². The highest BCUT2D eigenvalue weighted by Crippen LogP contribution is 2.26. The summed E-state index contributed by atoms with van der Waals surface area (Å²) >= 11 is 1.53. The van der Waals surface area contributed by atoms with Crippen LogP contribution in [-0.4, -0.2) is 47.0 Å². The van der Waals surface area contributed by atoms with E-state index in [-0.39, 0.29) is 18.0 Å². The molecular formula is C21H28N4O3S. The Bertz CT molecular complexity index is 834. The van der Waals surface area contributed by atoms with E-state index in [1.165, 1.54) is 30.6 Å². The van der Waals surface area contributed by atoms with Gasteiger partial charge in [0.25, 0.3) is 5.91 Å². The van der Waals surface area contributed by atoms with Gasteiger partial charge >= 0.3 is 6.03 Å². The summed E-state index contributed by atoms with van der Waals surface area (Å²) in [6, 6.07) is 4.25. The topological polar surface area (TPSA) is 87.5 Å². The maximum atomic E-state index is 12.7. The van der Waals surface area contributed by atoms with E-state index in [0.717, 1.165) is 30.6 Å². The number of oxazole rings is 1. The molecule has 2 aromatic rings. The summed E-state index contributed by atoms with van der Waals surface area (Å²) in [4.78, 5) is 32.3. The van der Waals surface area contributed by atoms with Crippen molar-refractivity contribution in [1.82, 2.24) is 20.5 Å². The maximum Gasteiger partial charge on any atom is 0.317 e. The summed E-state index contributed by atoms with van der Waals surface area (Å²) in [6.45, 7) is 3.07. The summed E-state index contributed by atoms with van der Waals surface area (Å²) in [5, 5.41) is 8.18. The van der Waals surface area contributed by atoms with Gasteiger partial charge in [0.2, 0.25) is 5.89 Å². The number of hydrogen-bond acceptors (Lipinski definition) is 5. The molecule has 2 aromatic heterocycles. The van der Waals surface area contributed by atoms with Crippen LogP contribution in [0.15, 0.2) is 21.9 Å². The van der Waals surface area contributed by atoms with Crippen molar-refractivity contribution in [2.75, 3.05) is 13.1 Å². The van der Waals surface area contributed by atoms with E-state index in [1.807, 2.05) is 22.4 Å². The number of urea groups is 1. The predicted molar refractivity (Wildman–Crippen MR) is 112 cm³/mol. The molecular weight excluding hydrogens is 388 g/mol. The predicted octanol–water partition coefficient (Wildman–Crippen LogP) is 3.95. The molecule has 3 amide bonds. The molecule has 2 aliphatic rings. The number of hydrogen-bond donors (Lipinski definition) is 2. The van der Waals surface area contributed by atoms with Crippen molar-refractivity contribution in [2.45, 2.75) is 64.0 Å². The zero-order chi connectivity index (χ0) is 20.2. The number of aryl methyl sites for hydroxylation is 1. The monoisotopic (exact) mass is 416 g/mol. The van der Waals surface area contributed by atoms with E-state index >= 15 is 0 Å². The molecule has 0 radical (unpaired) electrons. The normalized spacial score (nSPS) is 18.6. The smallest absolute Gasteiger partial charge is 0.317 e. The van der Waals surface area contributed by atoms with E-state index in [0.29, 0.717) is 36.5 Å². The first kappa shape index (κ1) is 19.9. The third kappa shape index (κ3) is 4.80. The Balaban J connectivity index is 1.27. The van der Waals surface area contributed by atoms with Gasteiger partial charge in [-0.15, -0.1) is 11.3 Å². The molecule has 0 bridgehead atoms. The first-order valence-electron chi connectivity index (χ1n) is 10.5. The van der Waals surface area contributed by atoms with Crippen LogP contribution in [0.1, 0.15) is 61.2 Å². The van der Waals surface area contributed by atoms with Gasteiger partial charge in [-0.25, -0.2) is 9.78 Å². The van der Waals surface area contributed by atoms with Crippen LogP contribution in [0.2, 0.25) is 0 Å². The van der Waals surface area contributed by atoms with Gasteiger partial charge in [-0.2, -0.15) is 0 Å². The first-order chi connectivity index (χ1) is 14.1. The Morgan fingerprint density at radius 2 is 1.83 bits per heavy atom. The average Bonchev–Trinajstić information content (AvgIpc) is 3.39. The molecule has 0 aromatic carbocycles. The number of carbonyl (C=O) groups is 2. The summed E-state index contributed by atoms with van der Waals surface area (Å²) in [5.41, 5.74) is 0.339. The van der Waals surface area contributed by atoms with Crippen LogP contribution in [0.25, 0.3) is 10.8 Å².